The van der Waals surface area contributed by atoms with Gasteiger partial charge in [-0.3, -0.25) is 9.48 Å². The summed E-state index contributed by atoms with van der Waals surface area (Å²) in [6.45, 7) is 5.42. The van der Waals surface area contributed by atoms with Crippen LogP contribution in [0.25, 0.3) is 10.9 Å². The molecule has 0 aliphatic carbocycles. The molecule has 2 heterocycles. The number of aromatic nitrogens is 3. The van der Waals surface area contributed by atoms with Crippen molar-refractivity contribution in [3.05, 3.63) is 119 Å². The van der Waals surface area contributed by atoms with Crippen molar-refractivity contribution >= 4 is 22.5 Å². The SMILES string of the molecule is Cc1c(C)n(Cc2ccccc2)c2ccc(C(=O)Nc3cnn(Cc4cccc(F)c4)c3)cc12. The summed E-state index contributed by atoms with van der Waals surface area (Å²) in [6, 6.07) is 22.6. The number of carbonyl (C=O) groups is 1. The van der Waals surface area contributed by atoms with Gasteiger partial charge in [-0.15, -0.1) is 0 Å². The summed E-state index contributed by atoms with van der Waals surface area (Å²) in [7, 11) is 0. The second-order valence-electron chi connectivity index (χ2n) is 8.52. The zero-order chi connectivity index (χ0) is 23.7. The molecule has 0 atom stereocenters. The molecule has 0 saturated heterocycles. The van der Waals surface area contributed by atoms with E-state index in [1.807, 2.05) is 42.5 Å². The molecule has 5 nitrogen and oxygen atoms in total. The number of hydrogen-bond acceptors (Lipinski definition) is 2. The van der Waals surface area contributed by atoms with Crippen molar-refractivity contribution in [2.75, 3.05) is 5.32 Å². The van der Waals surface area contributed by atoms with Crippen molar-refractivity contribution in [1.82, 2.24) is 14.3 Å². The Morgan fingerprint density at radius 3 is 2.53 bits per heavy atom. The largest absolute Gasteiger partial charge is 0.340 e. The maximum absolute atomic E-state index is 13.4. The van der Waals surface area contributed by atoms with Gasteiger partial charge in [0.15, 0.2) is 0 Å². The van der Waals surface area contributed by atoms with Crippen LogP contribution in [-0.2, 0) is 13.1 Å². The third-order valence-electron chi connectivity index (χ3n) is 6.21. The molecule has 0 spiro atoms. The summed E-state index contributed by atoms with van der Waals surface area (Å²) in [5.74, 6) is -0.475. The number of nitrogens with one attached hydrogen (secondary N) is 1. The van der Waals surface area contributed by atoms with E-state index in [-0.39, 0.29) is 11.7 Å². The molecule has 1 amide bonds. The molecule has 0 saturated carbocycles. The fourth-order valence-corrected chi connectivity index (χ4v) is 4.30. The van der Waals surface area contributed by atoms with E-state index in [2.05, 4.69) is 41.0 Å². The van der Waals surface area contributed by atoms with E-state index >= 15 is 0 Å². The molecule has 0 radical (unpaired) electrons. The van der Waals surface area contributed by atoms with Crippen molar-refractivity contribution in [3.63, 3.8) is 0 Å². The smallest absolute Gasteiger partial charge is 0.255 e. The minimum Gasteiger partial charge on any atom is -0.340 e. The Kier molecular flexibility index (Phi) is 5.72. The second-order valence-corrected chi connectivity index (χ2v) is 8.52. The van der Waals surface area contributed by atoms with Crippen LogP contribution < -0.4 is 5.32 Å². The molecule has 34 heavy (non-hydrogen) atoms. The number of rotatable bonds is 6. The number of benzene rings is 3. The molecule has 2 aromatic heterocycles. The van der Waals surface area contributed by atoms with Gasteiger partial charge in [-0.2, -0.15) is 5.10 Å². The molecular weight excluding hydrogens is 427 g/mol. The Morgan fingerprint density at radius 2 is 1.74 bits per heavy atom. The van der Waals surface area contributed by atoms with E-state index in [0.29, 0.717) is 17.8 Å². The minimum absolute atomic E-state index is 0.194. The standard InChI is InChI=1S/C28H25FN4O/c1-19-20(2)33(17-21-7-4-3-5-8-21)27-12-11-23(14-26(19)27)28(34)31-25-15-30-32(18-25)16-22-9-6-10-24(29)13-22/h3-15,18H,16-17H2,1-2H3,(H,31,34). The first-order valence-corrected chi connectivity index (χ1v) is 11.2. The van der Waals surface area contributed by atoms with E-state index in [1.54, 1.807) is 23.1 Å². The van der Waals surface area contributed by atoms with Gasteiger partial charge in [0.05, 0.1) is 18.4 Å². The number of amides is 1. The second kappa shape index (κ2) is 8.98. The fourth-order valence-electron chi connectivity index (χ4n) is 4.30. The molecule has 170 valence electrons. The number of fused-ring (bicyclic) bond motifs is 1. The van der Waals surface area contributed by atoms with Crippen molar-refractivity contribution < 1.29 is 9.18 Å². The van der Waals surface area contributed by atoms with Crippen LogP contribution >= 0.6 is 0 Å². The number of anilines is 1. The molecule has 1 N–H and O–H groups in total. The zero-order valence-electron chi connectivity index (χ0n) is 19.1. The van der Waals surface area contributed by atoms with E-state index < -0.39 is 0 Å². The molecule has 5 aromatic rings. The van der Waals surface area contributed by atoms with E-state index in [1.165, 1.54) is 29.0 Å². The van der Waals surface area contributed by atoms with E-state index in [9.17, 15) is 9.18 Å². The Morgan fingerprint density at radius 1 is 0.941 bits per heavy atom. The molecule has 0 aliphatic rings. The quantitative estimate of drug-likeness (QED) is 0.347. The Labute approximate surface area is 197 Å². The third-order valence-corrected chi connectivity index (χ3v) is 6.21. The summed E-state index contributed by atoms with van der Waals surface area (Å²) < 4.78 is 17.4. The predicted molar refractivity (Wildman–Crippen MR) is 133 cm³/mol. The van der Waals surface area contributed by atoms with Gasteiger partial charge >= 0.3 is 0 Å². The topological polar surface area (TPSA) is 51.9 Å². The summed E-state index contributed by atoms with van der Waals surface area (Å²) in [4.78, 5) is 13.0. The van der Waals surface area contributed by atoms with Crippen molar-refractivity contribution in [2.45, 2.75) is 26.9 Å². The van der Waals surface area contributed by atoms with Crippen LogP contribution in [0.15, 0.2) is 85.2 Å². The van der Waals surface area contributed by atoms with Crippen LogP contribution in [0, 0.1) is 19.7 Å². The lowest BCUT2D eigenvalue weighted by Gasteiger charge is -2.09. The van der Waals surface area contributed by atoms with Gasteiger partial charge in [0, 0.05) is 34.9 Å². The first kappa shape index (κ1) is 21.6. The van der Waals surface area contributed by atoms with Crippen LogP contribution in [0.3, 0.4) is 0 Å². The summed E-state index contributed by atoms with van der Waals surface area (Å²) in [5.41, 5.74) is 6.69. The van der Waals surface area contributed by atoms with Crippen LogP contribution in [0.1, 0.15) is 32.7 Å². The summed E-state index contributed by atoms with van der Waals surface area (Å²) >= 11 is 0. The van der Waals surface area contributed by atoms with Crippen LogP contribution in [0.2, 0.25) is 0 Å². The van der Waals surface area contributed by atoms with Gasteiger partial charge < -0.3 is 9.88 Å². The fraction of sp³-hybridized carbons (Fsp3) is 0.143. The highest BCUT2D eigenvalue weighted by atomic mass is 19.1. The number of aryl methyl sites for hydroxylation is 1. The lowest BCUT2D eigenvalue weighted by molar-refractivity contribution is 0.102. The highest BCUT2D eigenvalue weighted by Crippen LogP contribution is 2.27. The average molecular weight is 453 g/mol. The molecule has 0 unspecified atom stereocenters. The van der Waals surface area contributed by atoms with Gasteiger partial charge in [0.1, 0.15) is 5.82 Å². The zero-order valence-corrected chi connectivity index (χ0v) is 19.1. The van der Waals surface area contributed by atoms with Crippen molar-refractivity contribution in [2.24, 2.45) is 0 Å². The van der Waals surface area contributed by atoms with Crippen LogP contribution in [-0.4, -0.2) is 20.3 Å². The lowest BCUT2D eigenvalue weighted by Crippen LogP contribution is -2.11. The monoisotopic (exact) mass is 452 g/mol. The molecule has 6 heteroatoms. The number of nitrogens with zero attached hydrogens (tertiary/aromatic N) is 3. The van der Waals surface area contributed by atoms with Gasteiger partial charge in [-0.1, -0.05) is 42.5 Å². The Bertz CT molecular complexity index is 1480. The molecule has 5 rings (SSSR count). The van der Waals surface area contributed by atoms with E-state index in [0.717, 1.165) is 23.0 Å². The Balaban J connectivity index is 1.35. The molecule has 0 aliphatic heterocycles. The lowest BCUT2D eigenvalue weighted by atomic mass is 10.1. The minimum atomic E-state index is -0.281. The average Bonchev–Trinajstić information content (AvgIpc) is 3.37. The van der Waals surface area contributed by atoms with Crippen molar-refractivity contribution in [3.8, 4) is 0 Å². The Hall–Kier alpha value is -4.19. The normalized spacial score (nSPS) is 11.1. The third kappa shape index (κ3) is 4.35. The predicted octanol–water partition coefficient (Wildman–Crippen LogP) is 5.94. The first-order valence-electron chi connectivity index (χ1n) is 11.2. The number of halogens is 1. The van der Waals surface area contributed by atoms with Crippen LogP contribution in [0.5, 0.6) is 0 Å². The number of carbonyl (C=O) groups excluding carboxylic acids is 1. The maximum atomic E-state index is 13.4. The molecule has 3 aromatic carbocycles. The summed E-state index contributed by atoms with van der Waals surface area (Å²) in [5, 5.41) is 8.27. The highest BCUT2D eigenvalue weighted by molar-refractivity contribution is 6.06. The first-order chi connectivity index (χ1) is 16.5. The van der Waals surface area contributed by atoms with Crippen molar-refractivity contribution in [1.29, 1.82) is 0 Å². The van der Waals surface area contributed by atoms with Gasteiger partial charge in [-0.25, -0.2) is 4.39 Å². The summed E-state index contributed by atoms with van der Waals surface area (Å²) in [6.07, 6.45) is 3.34. The molecule has 0 bridgehead atoms. The molecule has 0 fully saturated rings. The van der Waals surface area contributed by atoms with Gasteiger partial charge in [0.25, 0.3) is 5.91 Å². The molecular formula is C28H25FN4O. The van der Waals surface area contributed by atoms with Gasteiger partial charge in [0.2, 0.25) is 0 Å². The maximum Gasteiger partial charge on any atom is 0.255 e. The van der Waals surface area contributed by atoms with Gasteiger partial charge in [-0.05, 0) is 60.9 Å². The highest BCUT2D eigenvalue weighted by Gasteiger charge is 2.15. The van der Waals surface area contributed by atoms with Crippen LogP contribution in [0.4, 0.5) is 10.1 Å². The van der Waals surface area contributed by atoms with E-state index in [4.69, 9.17) is 0 Å². The number of hydrogen-bond donors (Lipinski definition) is 1.